The van der Waals surface area contributed by atoms with Crippen molar-refractivity contribution in [2.24, 2.45) is 0 Å². The van der Waals surface area contributed by atoms with Crippen molar-refractivity contribution in [2.45, 2.75) is 12.8 Å². The number of rotatable bonds is 2. The summed E-state index contributed by atoms with van der Waals surface area (Å²) < 4.78 is 13.3. The molecule has 0 aliphatic carbocycles. The number of hydrogen-bond donors (Lipinski definition) is 0. The van der Waals surface area contributed by atoms with Crippen molar-refractivity contribution < 1.29 is 14.0 Å². The SMILES string of the molecule is O=C1CCN(C(=O)/C=C/c2ccccc2F)CC1. The van der Waals surface area contributed by atoms with Crippen molar-refractivity contribution in [1.29, 1.82) is 0 Å². The van der Waals surface area contributed by atoms with Crippen LogP contribution in [0.5, 0.6) is 0 Å². The number of benzene rings is 1. The van der Waals surface area contributed by atoms with Gasteiger partial charge in [0.25, 0.3) is 0 Å². The smallest absolute Gasteiger partial charge is 0.246 e. The summed E-state index contributed by atoms with van der Waals surface area (Å²) in [5, 5.41) is 0. The highest BCUT2D eigenvalue weighted by Gasteiger charge is 2.18. The number of likely N-dealkylation sites (tertiary alicyclic amines) is 1. The number of ketones is 1. The fourth-order valence-corrected chi connectivity index (χ4v) is 1.85. The molecule has 94 valence electrons. The van der Waals surface area contributed by atoms with Gasteiger partial charge in [-0.1, -0.05) is 18.2 Å². The Morgan fingerprint density at radius 3 is 2.56 bits per heavy atom. The van der Waals surface area contributed by atoms with Crippen LogP contribution in [0, 0.1) is 5.82 Å². The zero-order valence-electron chi connectivity index (χ0n) is 9.93. The number of piperidine rings is 1. The standard InChI is InChI=1S/C14H14FNO2/c15-13-4-2-1-3-11(13)5-6-14(18)16-9-7-12(17)8-10-16/h1-6H,7-10H2/b6-5+. The minimum absolute atomic E-state index is 0.175. The van der Waals surface area contributed by atoms with Crippen LogP contribution in [0.3, 0.4) is 0 Å². The van der Waals surface area contributed by atoms with E-state index in [1.807, 2.05) is 0 Å². The Bertz CT molecular complexity index is 486. The maximum absolute atomic E-state index is 13.3. The summed E-state index contributed by atoms with van der Waals surface area (Å²) >= 11 is 0. The molecule has 1 saturated heterocycles. The molecule has 0 unspecified atom stereocenters. The minimum atomic E-state index is -0.352. The third-order valence-electron chi connectivity index (χ3n) is 2.94. The second-order valence-electron chi connectivity index (χ2n) is 4.22. The molecule has 1 aliphatic rings. The van der Waals surface area contributed by atoms with E-state index in [2.05, 4.69) is 0 Å². The summed E-state index contributed by atoms with van der Waals surface area (Å²) in [7, 11) is 0. The van der Waals surface area contributed by atoms with E-state index >= 15 is 0 Å². The lowest BCUT2D eigenvalue weighted by atomic mass is 10.1. The summed E-state index contributed by atoms with van der Waals surface area (Å²) in [5.41, 5.74) is 0.388. The normalized spacial score (nSPS) is 16.3. The van der Waals surface area contributed by atoms with Gasteiger partial charge in [0.05, 0.1) is 0 Å². The summed E-state index contributed by atoms with van der Waals surface area (Å²) in [6.07, 6.45) is 3.65. The Hall–Kier alpha value is -1.97. The molecule has 1 aromatic carbocycles. The lowest BCUT2D eigenvalue weighted by molar-refractivity contribution is -0.130. The van der Waals surface area contributed by atoms with Crippen molar-refractivity contribution in [3.05, 3.63) is 41.7 Å². The molecule has 0 saturated carbocycles. The third-order valence-corrected chi connectivity index (χ3v) is 2.94. The van der Waals surface area contributed by atoms with Crippen molar-refractivity contribution >= 4 is 17.8 Å². The first-order valence-electron chi connectivity index (χ1n) is 5.90. The molecule has 0 spiro atoms. The van der Waals surface area contributed by atoms with Gasteiger partial charge in [-0.25, -0.2) is 4.39 Å². The van der Waals surface area contributed by atoms with Gasteiger partial charge in [0.1, 0.15) is 11.6 Å². The van der Waals surface area contributed by atoms with Gasteiger partial charge >= 0.3 is 0 Å². The number of nitrogens with zero attached hydrogens (tertiary/aromatic N) is 1. The van der Waals surface area contributed by atoms with Gasteiger partial charge in [0.2, 0.25) is 5.91 Å². The summed E-state index contributed by atoms with van der Waals surface area (Å²) in [6.45, 7) is 0.915. The molecule has 18 heavy (non-hydrogen) atoms. The largest absolute Gasteiger partial charge is 0.338 e. The number of amides is 1. The van der Waals surface area contributed by atoms with Crippen LogP contribution in [0.15, 0.2) is 30.3 Å². The second kappa shape index (κ2) is 5.58. The monoisotopic (exact) mass is 247 g/mol. The van der Waals surface area contributed by atoms with Gasteiger partial charge in [-0.15, -0.1) is 0 Å². The fraction of sp³-hybridized carbons (Fsp3) is 0.286. The predicted molar refractivity (Wildman–Crippen MR) is 66.3 cm³/mol. The first kappa shape index (κ1) is 12.5. The average molecular weight is 247 g/mol. The molecule has 0 aromatic heterocycles. The van der Waals surface area contributed by atoms with Crippen molar-refractivity contribution in [3.63, 3.8) is 0 Å². The number of hydrogen-bond acceptors (Lipinski definition) is 2. The van der Waals surface area contributed by atoms with Gasteiger partial charge in [-0.05, 0) is 12.1 Å². The Labute approximate surface area is 105 Å². The lowest BCUT2D eigenvalue weighted by Crippen LogP contribution is -2.37. The van der Waals surface area contributed by atoms with Gasteiger partial charge in [-0.3, -0.25) is 9.59 Å². The average Bonchev–Trinajstić information content (AvgIpc) is 2.38. The van der Waals surface area contributed by atoms with Crippen molar-refractivity contribution in [3.8, 4) is 0 Å². The third kappa shape index (κ3) is 3.03. The first-order chi connectivity index (χ1) is 8.66. The van der Waals surface area contributed by atoms with Crippen LogP contribution in [-0.2, 0) is 9.59 Å². The summed E-state index contributed by atoms with van der Waals surface area (Å²) in [4.78, 5) is 24.5. The van der Waals surface area contributed by atoms with E-state index in [1.165, 1.54) is 18.2 Å². The van der Waals surface area contributed by atoms with Crippen LogP contribution in [0.1, 0.15) is 18.4 Å². The molecule has 1 fully saturated rings. The van der Waals surface area contributed by atoms with Crippen LogP contribution in [0.4, 0.5) is 4.39 Å². The van der Waals surface area contributed by atoms with E-state index < -0.39 is 0 Å². The highest BCUT2D eigenvalue weighted by molar-refractivity contribution is 5.93. The molecule has 3 nitrogen and oxygen atoms in total. The fourth-order valence-electron chi connectivity index (χ4n) is 1.85. The maximum atomic E-state index is 13.3. The molecule has 0 bridgehead atoms. The van der Waals surface area contributed by atoms with Crippen LogP contribution < -0.4 is 0 Å². The Balaban J connectivity index is 1.99. The van der Waals surface area contributed by atoms with Gasteiger partial charge in [0, 0.05) is 37.6 Å². The topological polar surface area (TPSA) is 37.4 Å². The van der Waals surface area contributed by atoms with Crippen LogP contribution in [0.25, 0.3) is 6.08 Å². The molecular weight excluding hydrogens is 233 g/mol. The van der Waals surface area contributed by atoms with Crippen molar-refractivity contribution in [1.82, 2.24) is 4.90 Å². The summed E-state index contributed by atoms with van der Waals surface area (Å²) in [5.74, 6) is -0.335. The molecule has 4 heteroatoms. The Morgan fingerprint density at radius 1 is 1.22 bits per heavy atom. The molecule has 0 N–H and O–H groups in total. The van der Waals surface area contributed by atoms with Crippen LogP contribution in [0.2, 0.25) is 0 Å². The van der Waals surface area contributed by atoms with E-state index in [1.54, 1.807) is 23.1 Å². The van der Waals surface area contributed by atoms with Crippen LogP contribution in [-0.4, -0.2) is 29.7 Å². The molecule has 2 rings (SSSR count). The minimum Gasteiger partial charge on any atom is -0.338 e. The number of halogens is 1. The quantitative estimate of drug-likeness (QED) is 0.750. The van der Waals surface area contributed by atoms with Gasteiger partial charge < -0.3 is 4.90 Å². The molecule has 1 aliphatic heterocycles. The number of carbonyl (C=O) groups excluding carboxylic acids is 2. The van der Waals surface area contributed by atoms with E-state index in [4.69, 9.17) is 0 Å². The molecule has 1 aromatic rings. The maximum Gasteiger partial charge on any atom is 0.246 e. The zero-order chi connectivity index (χ0) is 13.0. The van der Waals surface area contributed by atoms with E-state index in [0.29, 0.717) is 31.5 Å². The van der Waals surface area contributed by atoms with Gasteiger partial charge in [-0.2, -0.15) is 0 Å². The summed E-state index contributed by atoms with van der Waals surface area (Å²) in [6, 6.07) is 6.28. The molecule has 0 radical (unpaired) electrons. The molecule has 0 atom stereocenters. The molecule has 1 amide bonds. The Morgan fingerprint density at radius 2 is 1.89 bits per heavy atom. The van der Waals surface area contributed by atoms with E-state index in [0.717, 1.165) is 0 Å². The van der Waals surface area contributed by atoms with Crippen LogP contribution >= 0.6 is 0 Å². The molecule has 1 heterocycles. The zero-order valence-corrected chi connectivity index (χ0v) is 9.93. The molecular formula is C14H14FNO2. The van der Waals surface area contributed by atoms with Gasteiger partial charge in [0.15, 0.2) is 0 Å². The first-order valence-corrected chi connectivity index (χ1v) is 5.90. The lowest BCUT2D eigenvalue weighted by Gasteiger charge is -2.24. The van der Waals surface area contributed by atoms with E-state index in [-0.39, 0.29) is 17.5 Å². The predicted octanol–water partition coefficient (Wildman–Crippen LogP) is 2.03. The van der Waals surface area contributed by atoms with Crippen molar-refractivity contribution in [2.75, 3.05) is 13.1 Å². The number of carbonyl (C=O) groups is 2. The van der Waals surface area contributed by atoms with E-state index in [9.17, 15) is 14.0 Å². The second-order valence-corrected chi connectivity index (χ2v) is 4.22. The highest BCUT2D eigenvalue weighted by atomic mass is 19.1. The number of Topliss-reactive ketones (excluding diaryl/α,β-unsaturated/α-hetero) is 1. The highest BCUT2D eigenvalue weighted by Crippen LogP contribution is 2.10. The Kier molecular flexibility index (Phi) is 3.87.